The van der Waals surface area contributed by atoms with Crippen LogP contribution in [0.2, 0.25) is 0 Å². The summed E-state index contributed by atoms with van der Waals surface area (Å²) in [5, 5.41) is 8.94. The maximum Gasteiger partial charge on any atom is 0.161 e. The molecular weight excluding hydrogens is 390 g/mol. The van der Waals surface area contributed by atoms with Crippen LogP contribution < -0.4 is 14.2 Å². The molecule has 0 saturated carbocycles. The van der Waals surface area contributed by atoms with Gasteiger partial charge in [-0.25, -0.2) is 0 Å². The quantitative estimate of drug-likeness (QED) is 0.592. The lowest BCUT2D eigenvalue weighted by atomic mass is 9.87. The van der Waals surface area contributed by atoms with Gasteiger partial charge in [-0.3, -0.25) is 4.90 Å². The summed E-state index contributed by atoms with van der Waals surface area (Å²) >= 11 is 0. The zero-order chi connectivity index (χ0) is 21.6. The molecule has 0 radical (unpaired) electrons. The Hall–Kier alpha value is -3.02. The number of fused-ring (bicyclic) bond motifs is 1. The van der Waals surface area contributed by atoms with Crippen molar-refractivity contribution in [2.24, 2.45) is 0 Å². The van der Waals surface area contributed by atoms with E-state index in [2.05, 4.69) is 59.5 Å². The molecule has 1 aliphatic rings. The molecule has 0 fully saturated rings. The monoisotopic (exact) mass is 419 g/mol. The van der Waals surface area contributed by atoms with Gasteiger partial charge in [0.15, 0.2) is 11.5 Å². The highest BCUT2D eigenvalue weighted by atomic mass is 16.5. The highest BCUT2D eigenvalue weighted by Crippen LogP contribution is 2.41. The summed E-state index contributed by atoms with van der Waals surface area (Å²) in [6.07, 6.45) is 0.955. The van der Waals surface area contributed by atoms with Crippen molar-refractivity contribution >= 4 is 0 Å². The summed E-state index contributed by atoms with van der Waals surface area (Å²) < 4.78 is 16.6. The number of aliphatic hydroxyl groups is 1. The van der Waals surface area contributed by atoms with E-state index in [1.807, 2.05) is 12.1 Å². The van der Waals surface area contributed by atoms with Crippen LogP contribution in [0.3, 0.4) is 0 Å². The van der Waals surface area contributed by atoms with Crippen LogP contribution in [0.1, 0.15) is 28.3 Å². The van der Waals surface area contributed by atoms with Gasteiger partial charge in [-0.15, -0.1) is 0 Å². The predicted octanol–water partition coefficient (Wildman–Crippen LogP) is 4.22. The van der Waals surface area contributed by atoms with Crippen molar-refractivity contribution in [3.05, 3.63) is 89.0 Å². The third-order valence-electron chi connectivity index (χ3n) is 5.76. The Balaban J connectivity index is 1.66. The molecule has 31 heavy (non-hydrogen) atoms. The topological polar surface area (TPSA) is 51.2 Å². The molecule has 0 amide bonds. The van der Waals surface area contributed by atoms with E-state index in [-0.39, 0.29) is 12.6 Å². The molecule has 1 atom stereocenters. The van der Waals surface area contributed by atoms with Gasteiger partial charge in [-0.2, -0.15) is 0 Å². The molecule has 0 saturated heterocycles. The van der Waals surface area contributed by atoms with E-state index in [9.17, 15) is 0 Å². The second-order valence-electron chi connectivity index (χ2n) is 7.66. The van der Waals surface area contributed by atoms with Gasteiger partial charge in [-0.05, 0) is 52.9 Å². The number of hydrogen-bond acceptors (Lipinski definition) is 5. The van der Waals surface area contributed by atoms with Crippen LogP contribution in [0, 0.1) is 0 Å². The molecule has 0 aromatic heterocycles. The Labute approximate surface area is 183 Å². The highest BCUT2D eigenvalue weighted by Gasteiger charge is 2.30. The second-order valence-corrected chi connectivity index (χ2v) is 7.66. The van der Waals surface area contributed by atoms with Gasteiger partial charge in [0.05, 0.1) is 26.9 Å². The van der Waals surface area contributed by atoms with E-state index in [1.54, 1.807) is 14.2 Å². The standard InChI is InChI=1S/C26H29NO4/c1-29-24-16-21-12-13-27(18-19-8-10-22(11-9-19)31-15-14-28)26(20-6-4-3-5-7-20)23(21)17-25(24)30-2/h3-11,16-17,26,28H,12-15,18H2,1-2H3/t26-/m1/s1. The molecule has 1 heterocycles. The van der Waals surface area contributed by atoms with Crippen molar-refractivity contribution in [3.8, 4) is 17.2 Å². The van der Waals surface area contributed by atoms with E-state index < -0.39 is 0 Å². The fraction of sp³-hybridized carbons (Fsp3) is 0.308. The van der Waals surface area contributed by atoms with Gasteiger partial charge >= 0.3 is 0 Å². The van der Waals surface area contributed by atoms with Gasteiger partial charge in [-0.1, -0.05) is 42.5 Å². The van der Waals surface area contributed by atoms with Crippen LogP contribution in [0.4, 0.5) is 0 Å². The SMILES string of the molecule is COc1cc2c(cc1OC)[C@@H](c1ccccc1)N(Cc1ccc(OCCO)cc1)CC2. The minimum atomic E-state index is 0.0158. The minimum Gasteiger partial charge on any atom is -0.493 e. The van der Waals surface area contributed by atoms with Crippen LogP contribution in [0.15, 0.2) is 66.7 Å². The molecule has 5 nitrogen and oxygen atoms in total. The van der Waals surface area contributed by atoms with Crippen molar-refractivity contribution in [1.82, 2.24) is 4.90 Å². The van der Waals surface area contributed by atoms with E-state index in [4.69, 9.17) is 19.3 Å². The number of aliphatic hydroxyl groups excluding tert-OH is 1. The van der Waals surface area contributed by atoms with Gasteiger partial charge in [0.2, 0.25) is 0 Å². The smallest absolute Gasteiger partial charge is 0.161 e. The Bertz CT molecular complexity index is 988. The van der Waals surface area contributed by atoms with Gasteiger partial charge in [0.25, 0.3) is 0 Å². The van der Waals surface area contributed by atoms with Crippen LogP contribution in [0.5, 0.6) is 17.2 Å². The predicted molar refractivity (Wildman–Crippen MR) is 121 cm³/mol. The summed E-state index contributed by atoms with van der Waals surface area (Å²) in [6, 6.07) is 23.1. The molecule has 4 rings (SSSR count). The molecule has 3 aromatic carbocycles. The number of ether oxygens (including phenoxy) is 3. The first-order valence-electron chi connectivity index (χ1n) is 10.6. The summed E-state index contributed by atoms with van der Waals surface area (Å²) in [6.45, 7) is 2.10. The van der Waals surface area contributed by atoms with Crippen LogP contribution >= 0.6 is 0 Å². The lowest BCUT2D eigenvalue weighted by Gasteiger charge is -2.38. The Morgan fingerprint density at radius 3 is 2.32 bits per heavy atom. The van der Waals surface area contributed by atoms with Crippen molar-refractivity contribution < 1.29 is 19.3 Å². The first-order chi connectivity index (χ1) is 15.2. The van der Waals surface area contributed by atoms with Gasteiger partial charge < -0.3 is 19.3 Å². The number of hydrogen-bond donors (Lipinski definition) is 1. The van der Waals surface area contributed by atoms with E-state index >= 15 is 0 Å². The fourth-order valence-electron chi connectivity index (χ4n) is 4.28. The third kappa shape index (κ3) is 4.68. The summed E-state index contributed by atoms with van der Waals surface area (Å²) in [5.74, 6) is 2.31. The largest absolute Gasteiger partial charge is 0.493 e. The van der Waals surface area contributed by atoms with Gasteiger partial charge in [0, 0.05) is 13.1 Å². The average molecular weight is 420 g/mol. The average Bonchev–Trinajstić information content (AvgIpc) is 2.83. The Kier molecular flexibility index (Phi) is 6.75. The lowest BCUT2D eigenvalue weighted by molar-refractivity contribution is 0.200. The van der Waals surface area contributed by atoms with Crippen LogP contribution in [0.25, 0.3) is 0 Å². The van der Waals surface area contributed by atoms with E-state index in [0.717, 1.165) is 36.8 Å². The van der Waals surface area contributed by atoms with Crippen molar-refractivity contribution in [1.29, 1.82) is 0 Å². The Morgan fingerprint density at radius 2 is 1.65 bits per heavy atom. The van der Waals surface area contributed by atoms with Crippen molar-refractivity contribution in [2.75, 3.05) is 34.0 Å². The fourth-order valence-corrected chi connectivity index (χ4v) is 4.28. The first kappa shape index (κ1) is 21.2. The van der Waals surface area contributed by atoms with E-state index in [0.29, 0.717) is 6.61 Å². The molecule has 0 spiro atoms. The third-order valence-corrected chi connectivity index (χ3v) is 5.76. The summed E-state index contributed by atoms with van der Waals surface area (Å²) in [7, 11) is 3.37. The molecule has 1 aliphatic heterocycles. The Morgan fingerprint density at radius 1 is 0.935 bits per heavy atom. The number of methoxy groups -OCH3 is 2. The molecule has 1 N–H and O–H groups in total. The molecule has 0 unspecified atom stereocenters. The zero-order valence-corrected chi connectivity index (χ0v) is 18.1. The van der Waals surface area contributed by atoms with Crippen LogP contribution in [-0.2, 0) is 13.0 Å². The zero-order valence-electron chi connectivity index (χ0n) is 18.1. The summed E-state index contributed by atoms with van der Waals surface area (Å²) in [4.78, 5) is 2.51. The van der Waals surface area contributed by atoms with Crippen molar-refractivity contribution in [2.45, 2.75) is 19.0 Å². The van der Waals surface area contributed by atoms with Gasteiger partial charge in [0.1, 0.15) is 12.4 Å². The molecule has 162 valence electrons. The molecular formula is C26H29NO4. The van der Waals surface area contributed by atoms with Crippen LogP contribution in [-0.4, -0.2) is 44.0 Å². The number of rotatable bonds is 8. The molecule has 0 aliphatic carbocycles. The molecule has 0 bridgehead atoms. The van der Waals surface area contributed by atoms with E-state index in [1.165, 1.54) is 22.3 Å². The molecule has 3 aromatic rings. The lowest BCUT2D eigenvalue weighted by Crippen LogP contribution is -2.35. The second kappa shape index (κ2) is 9.86. The maximum absolute atomic E-state index is 8.94. The summed E-state index contributed by atoms with van der Waals surface area (Å²) in [5.41, 5.74) is 5.05. The number of benzene rings is 3. The van der Waals surface area contributed by atoms with Crippen molar-refractivity contribution in [3.63, 3.8) is 0 Å². The highest BCUT2D eigenvalue weighted by molar-refractivity contribution is 5.51. The number of nitrogens with zero attached hydrogens (tertiary/aromatic N) is 1. The normalized spacial score (nSPS) is 15.9. The first-order valence-corrected chi connectivity index (χ1v) is 10.6. The molecule has 5 heteroatoms. The maximum atomic E-state index is 8.94. The minimum absolute atomic E-state index is 0.0158.